The maximum atomic E-state index is 14.8. The fraction of sp³-hybridized carbons (Fsp3) is 0.492. The highest BCUT2D eigenvalue weighted by Crippen LogP contribution is 2.48. The topological polar surface area (TPSA) is 283 Å². The number of sulfone groups is 1. The second-order valence-corrected chi connectivity index (χ2v) is 28.9. The summed E-state index contributed by atoms with van der Waals surface area (Å²) in [6.45, 7) is 17.4. The predicted octanol–water partition coefficient (Wildman–Crippen LogP) is 8.85. The Balaban J connectivity index is 0.820. The van der Waals surface area contributed by atoms with Crippen LogP contribution in [0.5, 0.6) is 23.3 Å². The van der Waals surface area contributed by atoms with Crippen LogP contribution >= 0.6 is 22.9 Å². The molecule has 3 aliphatic heterocycles. The van der Waals surface area contributed by atoms with Gasteiger partial charge in [0.2, 0.25) is 23.7 Å². The monoisotopic (exact) mass is 1330 g/mol. The number of thiazole rings is 1. The summed E-state index contributed by atoms with van der Waals surface area (Å²) in [5, 5.41) is 26.4. The first-order chi connectivity index (χ1) is 43.3. The molecule has 494 valence electrons. The van der Waals surface area contributed by atoms with E-state index in [2.05, 4.69) is 36.6 Å². The van der Waals surface area contributed by atoms with E-state index >= 15 is 0 Å². The van der Waals surface area contributed by atoms with Crippen LogP contribution in [0.15, 0.2) is 83.3 Å². The summed E-state index contributed by atoms with van der Waals surface area (Å²) in [5.41, 5.74) is 0.404. The average molecular weight is 1330 g/mol. The standard InChI is InChI=1S/C63H76ClF3N12O11S2/c1-36-51(91-35-71-36)37-15-16-38(33-70-53(81)45-31-39(80)34-79(45)54(82)52(59(2,3)4)74-55(83)62(65)19-20-62)47(30-37)86-28-21-60(5,6)87-29-22-61(7,8)90-58-76-56(75-57(77-58)78-26-24-68-25-27-78)73-44-32-40(92(9,84)85)17-18-43(44)72-48(49-42(64)13-11-23-69-49)41-12-10-14-46-50(41)89-63(66,67)88-46/h10-18,23,30,32,35,39,45,48,52,68,72,80H,19-22,24-29,31,33-34H2,1-9H3,(H,70,81)(H,74,83)(H,73,75,76,77)/t39-,45-,48-,52+/m0/s1. The quantitative estimate of drug-likeness (QED) is 0.0312. The number of para-hydroxylation sites is 1. The maximum absolute atomic E-state index is 14.8. The van der Waals surface area contributed by atoms with Crippen LogP contribution in [0.4, 0.5) is 36.4 Å². The number of alkyl halides is 3. The number of hydrogen-bond donors (Lipinski definition) is 6. The molecule has 6 aromatic rings. The van der Waals surface area contributed by atoms with E-state index in [1.165, 1.54) is 52.8 Å². The lowest BCUT2D eigenvalue weighted by Gasteiger charge is -2.35. The van der Waals surface area contributed by atoms with Crippen molar-refractivity contribution in [2.75, 3.05) is 67.7 Å². The van der Waals surface area contributed by atoms with Gasteiger partial charge < -0.3 is 65.2 Å². The molecule has 0 spiro atoms. The van der Waals surface area contributed by atoms with E-state index in [4.69, 9.17) is 50.2 Å². The molecule has 3 aromatic heterocycles. The predicted molar refractivity (Wildman–Crippen MR) is 339 cm³/mol. The molecule has 29 heteroatoms. The minimum atomic E-state index is -3.95. The largest absolute Gasteiger partial charge is 0.586 e. The zero-order valence-corrected chi connectivity index (χ0v) is 54.9. The van der Waals surface area contributed by atoms with Crippen LogP contribution < -0.4 is 50.4 Å². The molecule has 2 saturated heterocycles. The fourth-order valence-electron chi connectivity index (χ4n) is 10.8. The van der Waals surface area contributed by atoms with Crippen molar-refractivity contribution in [3.63, 3.8) is 0 Å². The number of aromatic nitrogens is 5. The van der Waals surface area contributed by atoms with Crippen LogP contribution in [0.2, 0.25) is 5.02 Å². The van der Waals surface area contributed by atoms with Crippen molar-refractivity contribution in [3.8, 4) is 33.7 Å². The van der Waals surface area contributed by atoms with Gasteiger partial charge >= 0.3 is 12.3 Å². The van der Waals surface area contributed by atoms with Crippen molar-refractivity contribution in [1.29, 1.82) is 0 Å². The van der Waals surface area contributed by atoms with Crippen LogP contribution in [-0.4, -0.2) is 155 Å². The number of likely N-dealkylation sites (tertiary alicyclic amines) is 1. The summed E-state index contributed by atoms with van der Waals surface area (Å²) in [6.07, 6.45) is -1.51. The summed E-state index contributed by atoms with van der Waals surface area (Å²) in [4.78, 5) is 68.3. The Morgan fingerprint density at radius 2 is 1.66 bits per heavy atom. The second kappa shape index (κ2) is 26.8. The molecule has 4 aliphatic rings. The van der Waals surface area contributed by atoms with Gasteiger partial charge in [-0.25, -0.2) is 17.8 Å². The highest BCUT2D eigenvalue weighted by atomic mass is 35.5. The van der Waals surface area contributed by atoms with Crippen LogP contribution in [0.1, 0.15) is 109 Å². The van der Waals surface area contributed by atoms with Crippen LogP contribution in [-0.2, 0) is 35.5 Å². The van der Waals surface area contributed by atoms with Crippen molar-refractivity contribution in [1.82, 2.24) is 45.8 Å². The lowest BCUT2D eigenvalue weighted by Crippen LogP contribution is -2.59. The molecular weight excluding hydrogens is 1260 g/mol. The van der Waals surface area contributed by atoms with Gasteiger partial charge in [0.15, 0.2) is 27.0 Å². The number of amides is 3. The van der Waals surface area contributed by atoms with E-state index < -0.39 is 80.4 Å². The minimum absolute atomic E-state index is 0.00663. The number of rotatable bonds is 25. The van der Waals surface area contributed by atoms with E-state index in [0.717, 1.165) is 22.4 Å². The molecule has 1 aliphatic carbocycles. The zero-order chi connectivity index (χ0) is 66.1. The Morgan fingerprint density at radius 3 is 2.36 bits per heavy atom. The molecule has 6 N–H and O–H groups in total. The number of nitrogens with zero attached hydrogens (tertiary/aromatic N) is 7. The molecule has 6 heterocycles. The molecule has 0 unspecified atom stereocenters. The number of carbonyl (C=O) groups is 3. The number of benzene rings is 3. The molecular formula is C63H76ClF3N12O11S2. The highest BCUT2D eigenvalue weighted by Gasteiger charge is 2.54. The number of fused-ring (bicyclic) bond motifs is 1. The molecule has 3 amide bonds. The number of aliphatic hydroxyl groups excluding tert-OH is 1. The number of anilines is 4. The molecule has 3 fully saturated rings. The number of pyridine rings is 1. The lowest BCUT2D eigenvalue weighted by atomic mass is 9.85. The number of ether oxygens (including phenoxy) is 5. The third kappa shape index (κ3) is 16.2. The zero-order valence-electron chi connectivity index (χ0n) is 52.5. The first kappa shape index (κ1) is 67.3. The van der Waals surface area contributed by atoms with Crippen LogP contribution in [0.25, 0.3) is 10.4 Å². The molecule has 92 heavy (non-hydrogen) atoms. The smallest absolute Gasteiger partial charge is 0.493 e. The summed E-state index contributed by atoms with van der Waals surface area (Å²) < 4.78 is 99.7. The van der Waals surface area contributed by atoms with E-state index in [0.29, 0.717) is 50.3 Å². The number of carbonyl (C=O) groups excluding carboxylic acids is 3. The third-order valence-corrected chi connectivity index (χ3v) is 18.6. The molecule has 10 rings (SSSR count). The van der Waals surface area contributed by atoms with Crippen molar-refractivity contribution >= 4 is 73.8 Å². The first-order valence-corrected chi connectivity index (χ1v) is 33.3. The van der Waals surface area contributed by atoms with E-state index in [9.17, 15) is 41.1 Å². The number of β-amino-alcohol motifs (C(OH)–C–C–N with tert-alkyl or cyclic N) is 1. The van der Waals surface area contributed by atoms with Gasteiger partial charge in [0.25, 0.3) is 5.91 Å². The molecule has 3 aromatic carbocycles. The van der Waals surface area contributed by atoms with Gasteiger partial charge in [-0.15, -0.1) is 20.1 Å². The maximum Gasteiger partial charge on any atom is 0.586 e. The van der Waals surface area contributed by atoms with Gasteiger partial charge in [0.1, 0.15) is 23.4 Å². The van der Waals surface area contributed by atoms with Gasteiger partial charge in [0, 0.05) is 82.1 Å². The van der Waals surface area contributed by atoms with Crippen LogP contribution in [0.3, 0.4) is 0 Å². The van der Waals surface area contributed by atoms with Crippen molar-refractivity contribution in [3.05, 3.63) is 106 Å². The summed E-state index contributed by atoms with van der Waals surface area (Å²) >= 11 is 8.21. The van der Waals surface area contributed by atoms with Crippen molar-refractivity contribution in [2.45, 2.75) is 146 Å². The fourth-order valence-corrected chi connectivity index (χ4v) is 12.4. The third-order valence-electron chi connectivity index (χ3n) is 16.2. The van der Waals surface area contributed by atoms with Crippen LogP contribution in [0, 0.1) is 12.3 Å². The number of piperazine rings is 1. The summed E-state index contributed by atoms with van der Waals surface area (Å²) in [6, 6.07) is 14.2. The average Bonchev–Trinajstić information content (AvgIpc) is 1.52. The SMILES string of the molecule is Cc1ncsc1-c1ccc(CNC(=O)[C@@H]2C[C@H](O)CN2C(=O)[C@@H](NC(=O)C2(F)CC2)C(C)(C)C)c(OCCC(C)(C)OCCC(C)(C)Oc2nc(Nc3cc(S(C)(=O)=O)ccc3N[C@@H](c3cccc4c3OC(F)(F)O4)c3ncccc3Cl)nc(N3CCNCC3)n2)c1. The number of nitrogens with one attached hydrogen (secondary N) is 5. The number of hydrogen-bond acceptors (Lipinski definition) is 21. The van der Waals surface area contributed by atoms with Gasteiger partial charge in [-0.1, -0.05) is 56.6 Å². The highest BCUT2D eigenvalue weighted by molar-refractivity contribution is 7.90. The number of halogens is 4. The normalized spacial score (nSPS) is 18.4. The van der Waals surface area contributed by atoms with Crippen molar-refractivity contribution in [2.24, 2.45) is 5.41 Å². The number of aryl methyl sites for hydroxylation is 1. The van der Waals surface area contributed by atoms with E-state index in [-0.39, 0.29) is 108 Å². The Morgan fingerprint density at radius 1 is 0.913 bits per heavy atom. The Bertz CT molecular complexity index is 3830. The summed E-state index contributed by atoms with van der Waals surface area (Å²) in [7, 11) is -3.80. The first-order valence-electron chi connectivity index (χ1n) is 30.2. The van der Waals surface area contributed by atoms with Gasteiger partial charge in [-0.05, 0) is 101 Å². The minimum Gasteiger partial charge on any atom is -0.493 e. The summed E-state index contributed by atoms with van der Waals surface area (Å²) in [5.74, 6) is -1.67. The Kier molecular flexibility index (Phi) is 19.6. The molecule has 0 radical (unpaired) electrons. The second-order valence-electron chi connectivity index (χ2n) is 25.6. The lowest BCUT2D eigenvalue weighted by molar-refractivity contribution is -0.287. The van der Waals surface area contributed by atoms with E-state index in [1.54, 1.807) is 44.5 Å². The Hall–Kier alpha value is -7.63. The molecule has 4 atom stereocenters. The van der Waals surface area contributed by atoms with Crippen molar-refractivity contribution < 1.29 is 64.8 Å². The van der Waals surface area contributed by atoms with Gasteiger partial charge in [-0.3, -0.25) is 19.4 Å². The molecule has 23 nitrogen and oxygen atoms in total. The number of aliphatic hydroxyl groups is 1. The Labute approximate surface area is 540 Å². The van der Waals surface area contributed by atoms with E-state index in [1.807, 2.05) is 57.7 Å². The van der Waals surface area contributed by atoms with Gasteiger partial charge in [-0.2, -0.15) is 15.0 Å². The molecule has 0 bridgehead atoms. The molecule has 1 saturated carbocycles. The van der Waals surface area contributed by atoms with Gasteiger partial charge in [0.05, 0.1) is 74.0 Å².